The molecule has 2 atom stereocenters. The van der Waals surface area contributed by atoms with Gasteiger partial charge in [-0.15, -0.1) is 0 Å². The molecule has 4 heteroatoms. The zero-order chi connectivity index (χ0) is 15.4. The highest BCUT2D eigenvalue weighted by atomic mass is 16.4. The lowest BCUT2D eigenvalue weighted by atomic mass is 9.80. The lowest BCUT2D eigenvalue weighted by molar-refractivity contribution is -0.146. The number of rotatable bonds is 5. The Morgan fingerprint density at radius 3 is 2.24 bits per heavy atom. The van der Waals surface area contributed by atoms with E-state index in [1.807, 2.05) is 0 Å². The van der Waals surface area contributed by atoms with Crippen LogP contribution in [0.3, 0.4) is 0 Å². The van der Waals surface area contributed by atoms with Gasteiger partial charge < -0.3 is 10.0 Å². The molecule has 0 heterocycles. The zero-order valence-electron chi connectivity index (χ0n) is 13.4. The molecular formula is C17H29NO3. The molecule has 2 rings (SSSR count). The number of carboxylic acids is 1. The van der Waals surface area contributed by atoms with Crippen LogP contribution < -0.4 is 0 Å². The first kappa shape index (κ1) is 16.3. The van der Waals surface area contributed by atoms with Gasteiger partial charge in [0.05, 0.1) is 5.92 Å². The van der Waals surface area contributed by atoms with Gasteiger partial charge in [-0.3, -0.25) is 9.59 Å². The minimum atomic E-state index is -0.733. The molecule has 21 heavy (non-hydrogen) atoms. The van der Waals surface area contributed by atoms with Gasteiger partial charge in [0.25, 0.3) is 0 Å². The maximum absolute atomic E-state index is 12.9. The molecule has 0 aromatic heterocycles. The lowest BCUT2D eigenvalue weighted by Crippen LogP contribution is -2.45. The van der Waals surface area contributed by atoms with Crippen molar-refractivity contribution in [3.8, 4) is 0 Å². The number of hydrogen-bond acceptors (Lipinski definition) is 2. The Morgan fingerprint density at radius 1 is 1.05 bits per heavy atom. The second kappa shape index (κ2) is 7.28. The van der Waals surface area contributed by atoms with E-state index in [4.69, 9.17) is 0 Å². The Labute approximate surface area is 127 Å². The van der Waals surface area contributed by atoms with Crippen LogP contribution in [0.2, 0.25) is 0 Å². The first-order valence-electron chi connectivity index (χ1n) is 8.52. The molecule has 0 aliphatic heterocycles. The Bertz CT molecular complexity index is 374. The van der Waals surface area contributed by atoms with Gasteiger partial charge in [0.15, 0.2) is 0 Å². The second-order valence-electron chi connectivity index (χ2n) is 7.22. The molecule has 2 saturated carbocycles. The van der Waals surface area contributed by atoms with Gasteiger partial charge in [0.1, 0.15) is 0 Å². The Hall–Kier alpha value is -1.06. The number of nitrogens with zero attached hydrogens (tertiary/aromatic N) is 1. The smallest absolute Gasteiger partial charge is 0.306 e. The summed E-state index contributed by atoms with van der Waals surface area (Å²) in [6.45, 7) is 5.12. The highest BCUT2D eigenvalue weighted by molar-refractivity contribution is 5.80. The minimum Gasteiger partial charge on any atom is -0.481 e. The van der Waals surface area contributed by atoms with Crippen LogP contribution in [-0.4, -0.2) is 34.5 Å². The normalized spacial score (nSPS) is 27.0. The van der Waals surface area contributed by atoms with Gasteiger partial charge in [0.2, 0.25) is 5.91 Å². The van der Waals surface area contributed by atoms with Crippen molar-refractivity contribution in [2.45, 2.75) is 71.3 Å². The summed E-state index contributed by atoms with van der Waals surface area (Å²) < 4.78 is 0. The third kappa shape index (κ3) is 4.21. The van der Waals surface area contributed by atoms with Crippen molar-refractivity contribution in [2.75, 3.05) is 6.54 Å². The summed E-state index contributed by atoms with van der Waals surface area (Å²) in [6.07, 6.45) is 7.67. The van der Waals surface area contributed by atoms with Crippen LogP contribution in [-0.2, 0) is 9.59 Å². The van der Waals surface area contributed by atoms with Crippen LogP contribution in [0.15, 0.2) is 0 Å². The molecule has 2 fully saturated rings. The van der Waals surface area contributed by atoms with E-state index in [0.717, 1.165) is 38.6 Å². The first-order valence-corrected chi connectivity index (χ1v) is 8.52. The van der Waals surface area contributed by atoms with Crippen molar-refractivity contribution in [3.05, 3.63) is 0 Å². The minimum absolute atomic E-state index is 0.0702. The Morgan fingerprint density at radius 2 is 1.67 bits per heavy atom. The van der Waals surface area contributed by atoms with Crippen molar-refractivity contribution in [1.82, 2.24) is 4.90 Å². The molecule has 0 radical (unpaired) electrons. The molecule has 2 aliphatic rings. The maximum Gasteiger partial charge on any atom is 0.306 e. The van der Waals surface area contributed by atoms with E-state index in [0.29, 0.717) is 18.4 Å². The average Bonchev–Trinajstić information content (AvgIpc) is 2.98. The summed E-state index contributed by atoms with van der Waals surface area (Å²) >= 11 is 0. The average molecular weight is 295 g/mol. The summed E-state index contributed by atoms with van der Waals surface area (Å²) in [5.74, 6) is -0.435. The van der Waals surface area contributed by atoms with Crippen LogP contribution in [0.25, 0.3) is 0 Å². The van der Waals surface area contributed by atoms with E-state index in [1.54, 1.807) is 0 Å². The molecular weight excluding hydrogens is 266 g/mol. The summed E-state index contributed by atoms with van der Waals surface area (Å²) in [4.78, 5) is 26.2. The molecule has 0 aromatic carbocycles. The Balaban J connectivity index is 2.04. The van der Waals surface area contributed by atoms with Gasteiger partial charge in [0, 0.05) is 18.5 Å². The molecule has 2 unspecified atom stereocenters. The van der Waals surface area contributed by atoms with Crippen LogP contribution in [0.4, 0.5) is 0 Å². The van der Waals surface area contributed by atoms with Gasteiger partial charge >= 0.3 is 5.97 Å². The molecule has 0 aromatic rings. The third-order valence-corrected chi connectivity index (χ3v) is 4.98. The summed E-state index contributed by atoms with van der Waals surface area (Å²) in [5.41, 5.74) is 0. The number of carbonyl (C=O) groups excluding carboxylic acids is 1. The standard InChI is InChI=1S/C17H29NO3/c1-12(2)11-18(15-8-3-4-9-15)16(19)13-6-5-7-14(10-13)17(20)21/h12-15H,3-11H2,1-2H3,(H,20,21). The fraction of sp³-hybridized carbons (Fsp3) is 0.882. The Kier molecular flexibility index (Phi) is 5.65. The highest BCUT2D eigenvalue weighted by Crippen LogP contribution is 2.33. The molecule has 0 bridgehead atoms. The SMILES string of the molecule is CC(C)CN(C(=O)C1CCCC(C(=O)O)C1)C1CCCC1. The molecule has 4 nitrogen and oxygen atoms in total. The van der Waals surface area contributed by atoms with E-state index in [1.165, 1.54) is 12.8 Å². The van der Waals surface area contributed by atoms with Crippen molar-refractivity contribution in [3.63, 3.8) is 0 Å². The number of carboxylic acid groups (broad SMARTS) is 1. The van der Waals surface area contributed by atoms with Crippen molar-refractivity contribution < 1.29 is 14.7 Å². The van der Waals surface area contributed by atoms with E-state index in [9.17, 15) is 14.7 Å². The summed E-state index contributed by atoms with van der Waals surface area (Å²) in [5, 5.41) is 9.21. The number of hydrogen-bond donors (Lipinski definition) is 1. The van der Waals surface area contributed by atoms with Crippen molar-refractivity contribution >= 4 is 11.9 Å². The molecule has 0 spiro atoms. The van der Waals surface area contributed by atoms with Gasteiger partial charge in [-0.1, -0.05) is 33.1 Å². The van der Waals surface area contributed by atoms with Crippen LogP contribution >= 0.6 is 0 Å². The van der Waals surface area contributed by atoms with Crippen LogP contribution in [0, 0.1) is 17.8 Å². The molecule has 2 aliphatic carbocycles. The van der Waals surface area contributed by atoms with Crippen molar-refractivity contribution in [2.24, 2.45) is 17.8 Å². The molecule has 120 valence electrons. The van der Waals surface area contributed by atoms with Gasteiger partial charge in [-0.25, -0.2) is 0 Å². The van der Waals surface area contributed by atoms with Crippen molar-refractivity contribution in [1.29, 1.82) is 0 Å². The fourth-order valence-corrected chi connectivity index (χ4v) is 3.90. The predicted molar refractivity (Wildman–Crippen MR) is 81.9 cm³/mol. The fourth-order valence-electron chi connectivity index (χ4n) is 3.90. The van der Waals surface area contributed by atoms with Gasteiger partial charge in [-0.2, -0.15) is 0 Å². The summed E-state index contributed by atoms with van der Waals surface area (Å²) in [7, 11) is 0. The monoisotopic (exact) mass is 295 g/mol. The number of amides is 1. The number of carbonyl (C=O) groups is 2. The van der Waals surface area contributed by atoms with E-state index in [2.05, 4.69) is 18.7 Å². The topological polar surface area (TPSA) is 57.6 Å². The molecule has 1 amide bonds. The third-order valence-electron chi connectivity index (χ3n) is 4.98. The zero-order valence-corrected chi connectivity index (χ0v) is 13.4. The quantitative estimate of drug-likeness (QED) is 0.846. The largest absolute Gasteiger partial charge is 0.481 e. The van der Waals surface area contributed by atoms with E-state index in [-0.39, 0.29) is 17.7 Å². The van der Waals surface area contributed by atoms with E-state index < -0.39 is 5.97 Å². The lowest BCUT2D eigenvalue weighted by Gasteiger charge is -2.36. The second-order valence-corrected chi connectivity index (χ2v) is 7.22. The number of aliphatic carboxylic acids is 1. The van der Waals surface area contributed by atoms with Crippen LogP contribution in [0.5, 0.6) is 0 Å². The van der Waals surface area contributed by atoms with Crippen LogP contribution in [0.1, 0.15) is 65.2 Å². The first-order chi connectivity index (χ1) is 9.99. The van der Waals surface area contributed by atoms with E-state index >= 15 is 0 Å². The molecule has 1 N–H and O–H groups in total. The van der Waals surface area contributed by atoms with Gasteiger partial charge in [-0.05, 0) is 38.0 Å². The molecule has 0 saturated heterocycles. The predicted octanol–water partition coefficient (Wildman–Crippen LogP) is 3.30. The highest BCUT2D eigenvalue weighted by Gasteiger charge is 2.36. The maximum atomic E-state index is 12.9. The summed E-state index contributed by atoms with van der Waals surface area (Å²) in [6, 6.07) is 0.394.